The fourth-order valence-electron chi connectivity index (χ4n) is 0.903. The van der Waals surface area contributed by atoms with E-state index in [0.717, 1.165) is 0 Å². The molecule has 0 aliphatic carbocycles. The highest BCUT2D eigenvalue weighted by molar-refractivity contribution is 7.83. The average molecular weight is 258 g/mol. The lowest BCUT2D eigenvalue weighted by atomic mass is 10.2. The molecule has 0 atom stereocenters. The van der Waals surface area contributed by atoms with Gasteiger partial charge in [0.15, 0.2) is 4.45 Å². The van der Waals surface area contributed by atoms with Crippen LogP contribution in [-0.4, -0.2) is 4.45 Å². The summed E-state index contributed by atoms with van der Waals surface area (Å²) >= 11 is 9.60. The molecule has 15 heavy (non-hydrogen) atoms. The summed E-state index contributed by atoms with van der Waals surface area (Å²) in [7, 11) is 0. The van der Waals surface area contributed by atoms with E-state index in [0.29, 0.717) is 18.2 Å². The second-order valence-electron chi connectivity index (χ2n) is 2.59. The Hall–Kier alpha value is -0.880. The third kappa shape index (κ3) is 3.32. The Morgan fingerprint density at radius 2 is 1.93 bits per heavy atom. The average Bonchev–Trinajstić information content (AvgIpc) is 2.06. The zero-order valence-electron chi connectivity index (χ0n) is 7.03. The molecule has 0 radical (unpaired) electrons. The minimum absolute atomic E-state index is 0.326. The van der Waals surface area contributed by atoms with Gasteiger partial charge in [0.1, 0.15) is 5.82 Å². The van der Waals surface area contributed by atoms with Crippen molar-refractivity contribution >= 4 is 34.0 Å². The van der Waals surface area contributed by atoms with Crippen molar-refractivity contribution in [1.29, 1.82) is 0 Å². The van der Waals surface area contributed by atoms with Gasteiger partial charge in [-0.2, -0.15) is 13.2 Å². The van der Waals surface area contributed by atoms with Gasteiger partial charge in [0.25, 0.3) is 0 Å². The molecule has 0 unspecified atom stereocenters. The maximum Gasteiger partial charge on any atom is 0.416 e. The first-order chi connectivity index (χ1) is 6.80. The van der Waals surface area contributed by atoms with E-state index >= 15 is 0 Å². The summed E-state index contributed by atoms with van der Waals surface area (Å²) in [5, 5.41) is 2.11. The number of anilines is 1. The van der Waals surface area contributed by atoms with Crippen molar-refractivity contribution in [1.82, 2.24) is 0 Å². The number of hydrogen-bond acceptors (Lipinski definition) is 1. The van der Waals surface area contributed by atoms with Crippen LogP contribution in [0.3, 0.4) is 0 Å². The largest absolute Gasteiger partial charge is 0.416 e. The van der Waals surface area contributed by atoms with Gasteiger partial charge in [0, 0.05) is 0 Å². The summed E-state index contributed by atoms with van der Waals surface area (Å²) in [5.41, 5.74) is -1.37. The van der Waals surface area contributed by atoms with Crippen LogP contribution >= 0.6 is 23.8 Å². The molecular formula is C8H4ClF4NS. The number of rotatable bonds is 1. The Balaban J connectivity index is 3.11. The number of halogens is 5. The van der Waals surface area contributed by atoms with Gasteiger partial charge in [0.2, 0.25) is 0 Å². The van der Waals surface area contributed by atoms with Crippen LogP contribution < -0.4 is 5.32 Å². The Bertz CT molecular complexity index is 391. The first kappa shape index (κ1) is 12.2. The Morgan fingerprint density at radius 3 is 2.40 bits per heavy atom. The van der Waals surface area contributed by atoms with Gasteiger partial charge >= 0.3 is 6.18 Å². The minimum atomic E-state index is -4.53. The van der Waals surface area contributed by atoms with E-state index in [2.05, 4.69) is 17.5 Å². The summed E-state index contributed by atoms with van der Waals surface area (Å²) in [5.74, 6) is -0.856. The molecule has 1 nitrogen and oxygen atoms in total. The second kappa shape index (κ2) is 4.32. The molecule has 1 aromatic rings. The lowest BCUT2D eigenvalue weighted by molar-refractivity contribution is -0.137. The van der Waals surface area contributed by atoms with Crippen molar-refractivity contribution in [3.05, 3.63) is 29.6 Å². The molecule has 7 heteroatoms. The van der Waals surface area contributed by atoms with Crippen LogP contribution in [0.2, 0.25) is 0 Å². The van der Waals surface area contributed by atoms with Crippen molar-refractivity contribution in [3.63, 3.8) is 0 Å². The zero-order valence-corrected chi connectivity index (χ0v) is 8.60. The fourth-order valence-corrected chi connectivity index (χ4v) is 1.12. The molecule has 0 amide bonds. The maximum atomic E-state index is 13.0. The van der Waals surface area contributed by atoms with Gasteiger partial charge in [-0.1, -0.05) is 11.6 Å². The van der Waals surface area contributed by atoms with Crippen molar-refractivity contribution in [3.8, 4) is 0 Å². The van der Waals surface area contributed by atoms with Crippen LogP contribution in [0.5, 0.6) is 0 Å². The highest BCUT2D eigenvalue weighted by Crippen LogP contribution is 2.31. The van der Waals surface area contributed by atoms with Gasteiger partial charge in [0.05, 0.1) is 11.3 Å². The molecule has 1 N–H and O–H groups in total. The van der Waals surface area contributed by atoms with E-state index in [1.54, 1.807) is 0 Å². The number of benzene rings is 1. The number of nitrogens with one attached hydrogen (secondary N) is 1. The highest BCUT2D eigenvalue weighted by Gasteiger charge is 2.31. The standard InChI is InChI=1S/C8H4ClF4NS/c9-7(15)14-6-3-4(8(11,12)13)1-2-5(6)10/h1-3H,(H,14,15). The van der Waals surface area contributed by atoms with Gasteiger partial charge in [-0.3, -0.25) is 0 Å². The molecule has 0 saturated heterocycles. The monoisotopic (exact) mass is 257 g/mol. The Kier molecular flexibility index (Phi) is 3.51. The highest BCUT2D eigenvalue weighted by atomic mass is 35.5. The Labute approximate surface area is 93.0 Å². The third-order valence-corrected chi connectivity index (χ3v) is 1.72. The van der Waals surface area contributed by atoms with Crippen LogP contribution in [0.4, 0.5) is 23.2 Å². The normalized spacial score (nSPS) is 11.3. The van der Waals surface area contributed by atoms with Gasteiger partial charge in [-0.25, -0.2) is 4.39 Å². The van der Waals surface area contributed by atoms with Crippen LogP contribution in [0.1, 0.15) is 5.56 Å². The number of thiocarbonyl (C=S) groups is 1. The van der Waals surface area contributed by atoms with Gasteiger partial charge in [-0.05, 0) is 30.4 Å². The summed E-state index contributed by atoms with van der Waals surface area (Å²) in [4.78, 5) is 0. The van der Waals surface area contributed by atoms with Gasteiger partial charge < -0.3 is 5.32 Å². The van der Waals surface area contributed by atoms with E-state index in [1.165, 1.54) is 0 Å². The van der Waals surface area contributed by atoms with Gasteiger partial charge in [-0.15, -0.1) is 0 Å². The SMILES string of the molecule is Fc1ccc(C(F)(F)F)cc1NC(=S)Cl. The van der Waals surface area contributed by atoms with Crippen LogP contribution in [0.25, 0.3) is 0 Å². The van der Waals surface area contributed by atoms with E-state index < -0.39 is 23.2 Å². The maximum absolute atomic E-state index is 13.0. The topological polar surface area (TPSA) is 12.0 Å². The van der Waals surface area contributed by atoms with E-state index in [1.807, 2.05) is 0 Å². The van der Waals surface area contributed by atoms with Crippen molar-refractivity contribution < 1.29 is 17.6 Å². The predicted molar refractivity (Wildman–Crippen MR) is 53.5 cm³/mol. The molecule has 1 aromatic carbocycles. The predicted octanol–water partition coefficient (Wildman–Crippen LogP) is 3.78. The molecule has 0 aromatic heterocycles. The van der Waals surface area contributed by atoms with Crippen LogP contribution in [0, 0.1) is 5.82 Å². The number of alkyl halides is 3. The third-order valence-electron chi connectivity index (χ3n) is 1.53. The molecular weight excluding hydrogens is 254 g/mol. The van der Waals surface area contributed by atoms with E-state index in [-0.39, 0.29) is 4.45 Å². The summed E-state index contributed by atoms with van der Waals surface area (Å²) in [6, 6.07) is 1.93. The molecule has 0 fully saturated rings. The lowest BCUT2D eigenvalue weighted by Crippen LogP contribution is -2.08. The number of hydrogen-bond donors (Lipinski definition) is 1. The summed E-state index contributed by atoms with van der Waals surface area (Å²) in [6.45, 7) is 0. The smallest absolute Gasteiger partial charge is 0.335 e. The molecule has 0 aliphatic rings. The summed E-state index contributed by atoms with van der Waals surface area (Å²) in [6.07, 6.45) is -4.53. The zero-order chi connectivity index (χ0) is 11.6. The molecule has 82 valence electrons. The molecule has 0 spiro atoms. The molecule has 0 saturated carbocycles. The molecule has 0 aliphatic heterocycles. The van der Waals surface area contributed by atoms with Crippen molar-refractivity contribution in [2.45, 2.75) is 6.18 Å². The quantitative estimate of drug-likeness (QED) is 0.356. The van der Waals surface area contributed by atoms with Crippen molar-refractivity contribution in [2.24, 2.45) is 0 Å². The van der Waals surface area contributed by atoms with E-state index in [9.17, 15) is 17.6 Å². The van der Waals surface area contributed by atoms with Crippen LogP contribution in [-0.2, 0) is 6.18 Å². The van der Waals surface area contributed by atoms with Crippen molar-refractivity contribution in [2.75, 3.05) is 5.32 Å². The lowest BCUT2D eigenvalue weighted by Gasteiger charge is -2.09. The first-order valence-corrected chi connectivity index (χ1v) is 4.42. The Morgan fingerprint density at radius 1 is 1.33 bits per heavy atom. The minimum Gasteiger partial charge on any atom is -0.335 e. The molecule has 0 bridgehead atoms. The first-order valence-electron chi connectivity index (χ1n) is 3.64. The molecule has 0 heterocycles. The van der Waals surface area contributed by atoms with Crippen LogP contribution in [0.15, 0.2) is 18.2 Å². The van der Waals surface area contributed by atoms with E-state index in [4.69, 9.17) is 11.6 Å². The molecule has 1 rings (SSSR count). The fraction of sp³-hybridized carbons (Fsp3) is 0.125. The summed E-state index contributed by atoms with van der Waals surface area (Å²) < 4.78 is 49.3. The second-order valence-corrected chi connectivity index (χ2v) is 3.60.